The number of piperidine rings is 1. The summed E-state index contributed by atoms with van der Waals surface area (Å²) in [5.41, 5.74) is 9.75. The minimum atomic E-state index is 0.628. The lowest BCUT2D eigenvalue weighted by Gasteiger charge is -2.32. The Balaban J connectivity index is 1.53. The van der Waals surface area contributed by atoms with Crippen LogP contribution in [0.15, 0.2) is 54.6 Å². The highest BCUT2D eigenvalue weighted by Gasteiger charge is 2.20. The second kappa shape index (κ2) is 6.88. The molecule has 1 aliphatic heterocycles. The minimum Gasteiger partial charge on any atom is -0.326 e. The summed E-state index contributed by atoms with van der Waals surface area (Å²) in [4.78, 5) is 2.57. The Hall–Kier alpha value is -1.64. The fraction of sp³-hybridized carbons (Fsp3) is 0.368. The summed E-state index contributed by atoms with van der Waals surface area (Å²) in [6.45, 7) is 4.07. The Morgan fingerprint density at radius 3 is 2.10 bits per heavy atom. The number of hydrogen-bond acceptors (Lipinski definition) is 2. The van der Waals surface area contributed by atoms with Crippen LogP contribution in [0.2, 0.25) is 0 Å². The van der Waals surface area contributed by atoms with Crippen LogP contribution in [0.4, 0.5) is 0 Å². The van der Waals surface area contributed by atoms with Crippen LogP contribution in [0.3, 0.4) is 0 Å². The second-order valence-corrected chi connectivity index (χ2v) is 5.98. The van der Waals surface area contributed by atoms with E-state index in [4.69, 9.17) is 5.73 Å². The van der Waals surface area contributed by atoms with E-state index in [1.165, 1.54) is 42.6 Å². The topological polar surface area (TPSA) is 29.3 Å². The summed E-state index contributed by atoms with van der Waals surface area (Å²) in [6, 6.07) is 19.7. The Morgan fingerprint density at radius 1 is 0.857 bits per heavy atom. The van der Waals surface area contributed by atoms with E-state index < -0.39 is 0 Å². The number of likely N-dealkylation sites (tertiary alicyclic amines) is 1. The fourth-order valence-corrected chi connectivity index (χ4v) is 3.19. The monoisotopic (exact) mass is 280 g/mol. The third-order valence-electron chi connectivity index (χ3n) is 4.52. The summed E-state index contributed by atoms with van der Waals surface area (Å²) in [5.74, 6) is 0.738. The number of nitrogens with two attached hydrogens (primary N) is 1. The Labute approximate surface area is 127 Å². The lowest BCUT2D eigenvalue weighted by atomic mass is 9.89. The van der Waals surface area contributed by atoms with Crippen molar-refractivity contribution in [1.82, 2.24) is 4.90 Å². The van der Waals surface area contributed by atoms with E-state index in [-0.39, 0.29) is 0 Å². The van der Waals surface area contributed by atoms with Crippen molar-refractivity contribution in [3.05, 3.63) is 71.3 Å². The number of rotatable bonds is 4. The molecule has 0 saturated carbocycles. The van der Waals surface area contributed by atoms with Gasteiger partial charge in [-0.2, -0.15) is 0 Å². The van der Waals surface area contributed by atoms with Crippen LogP contribution in [0.5, 0.6) is 0 Å². The maximum atomic E-state index is 5.64. The van der Waals surface area contributed by atoms with Crippen molar-refractivity contribution in [2.75, 3.05) is 13.1 Å². The molecule has 110 valence electrons. The molecule has 1 heterocycles. The van der Waals surface area contributed by atoms with Gasteiger partial charge in [0.05, 0.1) is 0 Å². The number of nitrogens with zero attached hydrogens (tertiary/aromatic N) is 1. The maximum absolute atomic E-state index is 5.64. The largest absolute Gasteiger partial charge is 0.326 e. The van der Waals surface area contributed by atoms with Crippen LogP contribution < -0.4 is 5.73 Å². The molecule has 1 saturated heterocycles. The normalized spacial score (nSPS) is 17.0. The first kappa shape index (κ1) is 14.3. The van der Waals surface area contributed by atoms with E-state index >= 15 is 0 Å². The molecular weight excluding hydrogens is 256 g/mol. The predicted molar refractivity (Wildman–Crippen MR) is 88.0 cm³/mol. The zero-order chi connectivity index (χ0) is 14.5. The van der Waals surface area contributed by atoms with Crippen LogP contribution >= 0.6 is 0 Å². The Kier molecular flexibility index (Phi) is 4.69. The van der Waals surface area contributed by atoms with Gasteiger partial charge in [0.25, 0.3) is 0 Å². The van der Waals surface area contributed by atoms with Gasteiger partial charge in [-0.1, -0.05) is 54.6 Å². The number of benzene rings is 2. The third kappa shape index (κ3) is 3.72. The zero-order valence-corrected chi connectivity index (χ0v) is 12.5. The molecule has 0 radical (unpaired) electrons. The first-order chi connectivity index (χ1) is 10.3. The van der Waals surface area contributed by atoms with Gasteiger partial charge < -0.3 is 5.73 Å². The molecule has 0 aliphatic carbocycles. The molecule has 0 atom stereocenters. The van der Waals surface area contributed by atoms with Gasteiger partial charge in [-0.3, -0.25) is 4.90 Å². The van der Waals surface area contributed by atoms with Gasteiger partial charge in [-0.15, -0.1) is 0 Å². The van der Waals surface area contributed by atoms with E-state index in [1.807, 2.05) is 0 Å². The molecule has 1 fully saturated rings. The standard InChI is InChI=1S/C19H24N2/c20-14-16-6-8-17(9-7-16)15-21-12-10-19(11-13-21)18-4-2-1-3-5-18/h1-9,19H,10-15,20H2. The second-order valence-electron chi connectivity index (χ2n) is 5.98. The van der Waals surface area contributed by atoms with Crippen molar-refractivity contribution in [2.24, 2.45) is 5.73 Å². The summed E-state index contributed by atoms with van der Waals surface area (Å²) >= 11 is 0. The van der Waals surface area contributed by atoms with Crippen LogP contribution in [0, 0.1) is 0 Å². The molecule has 0 bridgehead atoms. The third-order valence-corrected chi connectivity index (χ3v) is 4.52. The smallest absolute Gasteiger partial charge is 0.0233 e. The molecule has 3 rings (SSSR count). The highest BCUT2D eigenvalue weighted by atomic mass is 15.1. The van der Waals surface area contributed by atoms with E-state index in [2.05, 4.69) is 59.5 Å². The average Bonchev–Trinajstić information content (AvgIpc) is 2.57. The van der Waals surface area contributed by atoms with Crippen LogP contribution in [-0.2, 0) is 13.1 Å². The van der Waals surface area contributed by atoms with Gasteiger partial charge in [0.2, 0.25) is 0 Å². The first-order valence-electron chi connectivity index (χ1n) is 7.90. The van der Waals surface area contributed by atoms with Crippen molar-refractivity contribution in [1.29, 1.82) is 0 Å². The molecular formula is C19H24N2. The highest BCUT2D eigenvalue weighted by molar-refractivity contribution is 5.23. The summed E-state index contributed by atoms with van der Waals surface area (Å²) in [5, 5.41) is 0. The van der Waals surface area contributed by atoms with E-state index in [1.54, 1.807) is 0 Å². The first-order valence-corrected chi connectivity index (χ1v) is 7.90. The van der Waals surface area contributed by atoms with E-state index in [9.17, 15) is 0 Å². The lowest BCUT2D eigenvalue weighted by Crippen LogP contribution is -2.32. The van der Waals surface area contributed by atoms with Crippen molar-refractivity contribution < 1.29 is 0 Å². The number of hydrogen-bond donors (Lipinski definition) is 1. The molecule has 0 unspecified atom stereocenters. The molecule has 1 aliphatic rings. The van der Waals surface area contributed by atoms with Crippen LogP contribution in [-0.4, -0.2) is 18.0 Å². The van der Waals surface area contributed by atoms with Gasteiger partial charge in [-0.05, 0) is 48.5 Å². The summed E-state index contributed by atoms with van der Waals surface area (Å²) < 4.78 is 0. The summed E-state index contributed by atoms with van der Waals surface area (Å²) in [6.07, 6.45) is 2.54. The zero-order valence-electron chi connectivity index (χ0n) is 12.5. The minimum absolute atomic E-state index is 0.628. The molecule has 2 N–H and O–H groups in total. The Bertz CT molecular complexity index is 540. The van der Waals surface area contributed by atoms with Gasteiger partial charge in [0, 0.05) is 13.1 Å². The molecule has 0 spiro atoms. The summed E-state index contributed by atoms with van der Waals surface area (Å²) in [7, 11) is 0. The van der Waals surface area contributed by atoms with Gasteiger partial charge in [0.1, 0.15) is 0 Å². The Morgan fingerprint density at radius 2 is 1.48 bits per heavy atom. The molecule has 0 aromatic heterocycles. The van der Waals surface area contributed by atoms with Gasteiger partial charge in [0.15, 0.2) is 0 Å². The SMILES string of the molecule is NCc1ccc(CN2CCC(c3ccccc3)CC2)cc1. The van der Waals surface area contributed by atoms with Crippen LogP contribution in [0.1, 0.15) is 35.4 Å². The quantitative estimate of drug-likeness (QED) is 0.928. The van der Waals surface area contributed by atoms with Crippen LogP contribution in [0.25, 0.3) is 0 Å². The molecule has 2 aromatic carbocycles. The molecule has 21 heavy (non-hydrogen) atoms. The van der Waals surface area contributed by atoms with Crippen molar-refractivity contribution in [2.45, 2.75) is 31.8 Å². The predicted octanol–water partition coefficient (Wildman–Crippen LogP) is 3.52. The molecule has 2 aromatic rings. The maximum Gasteiger partial charge on any atom is 0.0233 e. The molecule has 2 heteroatoms. The van der Waals surface area contributed by atoms with E-state index in [0.29, 0.717) is 6.54 Å². The lowest BCUT2D eigenvalue weighted by molar-refractivity contribution is 0.204. The highest BCUT2D eigenvalue weighted by Crippen LogP contribution is 2.28. The van der Waals surface area contributed by atoms with Gasteiger partial charge in [-0.25, -0.2) is 0 Å². The van der Waals surface area contributed by atoms with Crippen molar-refractivity contribution in [3.63, 3.8) is 0 Å². The van der Waals surface area contributed by atoms with Crippen molar-refractivity contribution in [3.8, 4) is 0 Å². The van der Waals surface area contributed by atoms with Crippen molar-refractivity contribution >= 4 is 0 Å². The fourth-order valence-electron chi connectivity index (χ4n) is 3.19. The molecule has 2 nitrogen and oxygen atoms in total. The average molecular weight is 280 g/mol. The van der Waals surface area contributed by atoms with E-state index in [0.717, 1.165) is 12.5 Å². The molecule has 0 amide bonds. The van der Waals surface area contributed by atoms with Gasteiger partial charge >= 0.3 is 0 Å².